The average molecular weight is 293 g/mol. The predicted molar refractivity (Wildman–Crippen MR) is 78.4 cm³/mol. The van der Waals surface area contributed by atoms with Crippen LogP contribution in [0.25, 0.3) is 0 Å². The third-order valence-electron chi connectivity index (χ3n) is 3.97. The van der Waals surface area contributed by atoms with Crippen molar-refractivity contribution in [1.82, 2.24) is 10.6 Å². The molecular weight excluding hydrogens is 273 g/mol. The number of rotatable bonds is 3. The van der Waals surface area contributed by atoms with E-state index in [1.807, 2.05) is 6.92 Å². The number of carbonyl (C=O) groups excluding carboxylic acids is 2. The van der Waals surface area contributed by atoms with E-state index in [1.54, 1.807) is 37.9 Å². The summed E-state index contributed by atoms with van der Waals surface area (Å²) in [7, 11) is 1.74. The first-order valence-electron chi connectivity index (χ1n) is 6.86. The molecule has 1 fully saturated rings. The maximum absolute atomic E-state index is 14.2. The summed E-state index contributed by atoms with van der Waals surface area (Å²) in [6.45, 7) is 5.29. The molecule has 1 heterocycles. The number of halogens is 1. The van der Waals surface area contributed by atoms with Gasteiger partial charge in [0.15, 0.2) is 0 Å². The van der Waals surface area contributed by atoms with Crippen LogP contribution in [0, 0.1) is 5.82 Å². The summed E-state index contributed by atoms with van der Waals surface area (Å²) in [4.78, 5) is 25.4. The van der Waals surface area contributed by atoms with E-state index in [0.29, 0.717) is 11.3 Å². The molecule has 114 valence electrons. The van der Waals surface area contributed by atoms with Crippen LogP contribution in [0.5, 0.6) is 0 Å². The first-order chi connectivity index (χ1) is 9.78. The molecule has 2 rings (SSSR count). The SMILES string of the molecule is CNC(C)c1c(F)cccc1N1CC(=O)NC(=O)C1(C)C. The summed E-state index contributed by atoms with van der Waals surface area (Å²) in [6.07, 6.45) is 0. The van der Waals surface area contributed by atoms with E-state index in [4.69, 9.17) is 0 Å². The Hall–Kier alpha value is -1.95. The molecule has 2 N–H and O–H groups in total. The number of benzene rings is 1. The second kappa shape index (κ2) is 5.44. The number of imide groups is 1. The molecule has 1 aliphatic rings. The molecule has 0 aliphatic carbocycles. The van der Waals surface area contributed by atoms with E-state index in [9.17, 15) is 14.0 Å². The molecule has 5 nitrogen and oxygen atoms in total. The maximum atomic E-state index is 14.2. The van der Waals surface area contributed by atoms with Gasteiger partial charge in [0.25, 0.3) is 5.91 Å². The summed E-state index contributed by atoms with van der Waals surface area (Å²) in [5, 5.41) is 5.32. The number of hydrogen-bond donors (Lipinski definition) is 2. The van der Waals surface area contributed by atoms with Crippen LogP contribution in [-0.2, 0) is 9.59 Å². The van der Waals surface area contributed by atoms with Crippen LogP contribution in [0.15, 0.2) is 18.2 Å². The van der Waals surface area contributed by atoms with Gasteiger partial charge in [-0.05, 0) is 40.0 Å². The van der Waals surface area contributed by atoms with E-state index >= 15 is 0 Å². The fourth-order valence-electron chi connectivity index (χ4n) is 2.50. The number of carbonyl (C=O) groups is 2. The van der Waals surface area contributed by atoms with Crippen LogP contribution in [0.3, 0.4) is 0 Å². The lowest BCUT2D eigenvalue weighted by atomic mass is 9.94. The highest BCUT2D eigenvalue weighted by Crippen LogP contribution is 2.34. The maximum Gasteiger partial charge on any atom is 0.251 e. The van der Waals surface area contributed by atoms with Crippen LogP contribution in [0.2, 0.25) is 0 Å². The highest BCUT2D eigenvalue weighted by atomic mass is 19.1. The summed E-state index contributed by atoms with van der Waals surface area (Å²) in [6, 6.07) is 4.46. The van der Waals surface area contributed by atoms with Crippen LogP contribution >= 0.6 is 0 Å². The van der Waals surface area contributed by atoms with Crippen molar-refractivity contribution in [2.75, 3.05) is 18.5 Å². The minimum Gasteiger partial charge on any atom is -0.348 e. The number of anilines is 1. The summed E-state index contributed by atoms with van der Waals surface area (Å²) in [5.41, 5.74) is 0.0878. The second-order valence-electron chi connectivity index (χ2n) is 5.71. The molecule has 0 aromatic heterocycles. The van der Waals surface area contributed by atoms with Gasteiger partial charge in [-0.25, -0.2) is 4.39 Å². The van der Waals surface area contributed by atoms with E-state index in [2.05, 4.69) is 10.6 Å². The molecule has 1 saturated heterocycles. The molecule has 0 spiro atoms. The van der Waals surface area contributed by atoms with Gasteiger partial charge in [-0.3, -0.25) is 14.9 Å². The molecule has 0 bridgehead atoms. The molecule has 1 atom stereocenters. The van der Waals surface area contributed by atoms with E-state index < -0.39 is 5.54 Å². The van der Waals surface area contributed by atoms with Crippen LogP contribution < -0.4 is 15.5 Å². The number of hydrogen-bond acceptors (Lipinski definition) is 4. The van der Waals surface area contributed by atoms with Gasteiger partial charge in [0, 0.05) is 17.3 Å². The van der Waals surface area contributed by atoms with Gasteiger partial charge >= 0.3 is 0 Å². The Labute approximate surface area is 123 Å². The van der Waals surface area contributed by atoms with Crippen molar-refractivity contribution < 1.29 is 14.0 Å². The predicted octanol–water partition coefficient (Wildman–Crippen LogP) is 1.35. The fraction of sp³-hybridized carbons (Fsp3) is 0.467. The van der Waals surface area contributed by atoms with Gasteiger partial charge in [0.1, 0.15) is 11.4 Å². The highest BCUT2D eigenvalue weighted by Gasteiger charge is 2.42. The molecule has 21 heavy (non-hydrogen) atoms. The standard InChI is InChI=1S/C15H20FN3O2/c1-9(17-4)13-10(16)6-5-7-11(13)19-8-12(20)18-14(21)15(19,2)3/h5-7,9,17H,8H2,1-4H3,(H,18,20,21). The second-order valence-corrected chi connectivity index (χ2v) is 5.71. The van der Waals surface area contributed by atoms with Crippen LogP contribution in [0.1, 0.15) is 32.4 Å². The molecule has 1 unspecified atom stereocenters. The average Bonchev–Trinajstić information content (AvgIpc) is 2.42. The lowest BCUT2D eigenvalue weighted by molar-refractivity contribution is -0.135. The monoisotopic (exact) mass is 293 g/mol. The zero-order valence-corrected chi connectivity index (χ0v) is 12.7. The van der Waals surface area contributed by atoms with E-state index in [0.717, 1.165) is 0 Å². The van der Waals surface area contributed by atoms with Crippen molar-refractivity contribution in [2.24, 2.45) is 0 Å². The van der Waals surface area contributed by atoms with Crippen molar-refractivity contribution in [2.45, 2.75) is 32.4 Å². The topological polar surface area (TPSA) is 61.4 Å². The van der Waals surface area contributed by atoms with Gasteiger partial charge in [0.2, 0.25) is 5.91 Å². The van der Waals surface area contributed by atoms with Crippen LogP contribution in [-0.4, -0.2) is 30.9 Å². The molecule has 0 saturated carbocycles. The summed E-state index contributed by atoms with van der Waals surface area (Å²) in [5.74, 6) is -1.12. The normalized spacial score (nSPS) is 19.4. The smallest absolute Gasteiger partial charge is 0.251 e. The van der Waals surface area contributed by atoms with Gasteiger partial charge < -0.3 is 10.2 Å². The van der Waals surface area contributed by atoms with Gasteiger partial charge in [-0.15, -0.1) is 0 Å². The summed E-state index contributed by atoms with van der Waals surface area (Å²) < 4.78 is 14.2. The van der Waals surface area contributed by atoms with Crippen molar-refractivity contribution in [1.29, 1.82) is 0 Å². The molecule has 6 heteroatoms. The first kappa shape index (κ1) is 15.4. The number of amides is 2. The van der Waals surface area contributed by atoms with Crippen molar-refractivity contribution in [3.8, 4) is 0 Å². The van der Waals surface area contributed by atoms with Gasteiger partial charge in [-0.2, -0.15) is 0 Å². The molecule has 0 radical (unpaired) electrons. The first-order valence-corrected chi connectivity index (χ1v) is 6.86. The third-order valence-corrected chi connectivity index (χ3v) is 3.97. The molecular formula is C15H20FN3O2. The Morgan fingerprint density at radius 3 is 2.67 bits per heavy atom. The number of piperazine rings is 1. The third kappa shape index (κ3) is 2.63. The number of nitrogens with zero attached hydrogens (tertiary/aromatic N) is 1. The lowest BCUT2D eigenvalue weighted by Crippen LogP contribution is -2.64. The quantitative estimate of drug-likeness (QED) is 0.826. The van der Waals surface area contributed by atoms with E-state index in [-0.39, 0.29) is 30.2 Å². The molecule has 1 aromatic rings. The summed E-state index contributed by atoms with van der Waals surface area (Å²) >= 11 is 0. The lowest BCUT2D eigenvalue weighted by Gasteiger charge is -2.43. The Balaban J connectivity index is 2.57. The molecule has 1 aromatic carbocycles. The zero-order valence-electron chi connectivity index (χ0n) is 12.7. The number of nitrogens with one attached hydrogen (secondary N) is 2. The van der Waals surface area contributed by atoms with Crippen molar-refractivity contribution in [3.05, 3.63) is 29.6 Å². The van der Waals surface area contributed by atoms with E-state index in [1.165, 1.54) is 6.07 Å². The zero-order chi connectivity index (χ0) is 15.8. The highest BCUT2D eigenvalue weighted by molar-refractivity contribution is 6.06. The Kier molecular flexibility index (Phi) is 4.00. The fourth-order valence-corrected chi connectivity index (χ4v) is 2.50. The minimum absolute atomic E-state index is 0.0195. The Morgan fingerprint density at radius 1 is 1.38 bits per heavy atom. The Morgan fingerprint density at radius 2 is 2.05 bits per heavy atom. The molecule has 1 aliphatic heterocycles. The van der Waals surface area contributed by atoms with Gasteiger partial charge in [-0.1, -0.05) is 6.07 Å². The largest absolute Gasteiger partial charge is 0.348 e. The van der Waals surface area contributed by atoms with Crippen LogP contribution in [0.4, 0.5) is 10.1 Å². The Bertz CT molecular complexity index is 586. The van der Waals surface area contributed by atoms with Crippen molar-refractivity contribution in [3.63, 3.8) is 0 Å². The van der Waals surface area contributed by atoms with Crippen molar-refractivity contribution >= 4 is 17.5 Å². The van der Waals surface area contributed by atoms with Gasteiger partial charge in [0.05, 0.1) is 6.54 Å². The molecule has 2 amide bonds. The minimum atomic E-state index is -0.927.